The molecule has 3 N–H and O–H groups in total. The fraction of sp³-hybridized carbons (Fsp3) is 0.815. The van der Waals surface area contributed by atoms with Crippen molar-refractivity contribution in [2.45, 2.75) is 130 Å². The summed E-state index contributed by atoms with van der Waals surface area (Å²) in [5.74, 6) is -0.414. The number of hydrogen-bond acceptors (Lipinski definition) is 3. The minimum Gasteiger partial charge on any atom is -0.356 e. The third-order valence-electron chi connectivity index (χ3n) is 5.67. The number of unbranched alkanes of at least 4 members (excludes halogenated alkanes) is 9. The van der Waals surface area contributed by atoms with Crippen molar-refractivity contribution < 1.29 is 14.4 Å². The molecule has 0 radical (unpaired) electrons. The van der Waals surface area contributed by atoms with Gasteiger partial charge in [0.05, 0.1) is 0 Å². The van der Waals surface area contributed by atoms with Crippen molar-refractivity contribution in [3.63, 3.8) is 0 Å². The van der Waals surface area contributed by atoms with Crippen LogP contribution >= 0.6 is 0 Å². The van der Waals surface area contributed by atoms with E-state index in [4.69, 9.17) is 0 Å². The molecule has 192 valence electrons. The zero-order chi connectivity index (χ0) is 24.6. The van der Waals surface area contributed by atoms with E-state index in [-0.39, 0.29) is 24.1 Å². The number of allylic oxidation sites excluding steroid dienone is 2. The molecular weight excluding hydrogens is 414 g/mol. The first-order chi connectivity index (χ1) is 16.0. The maximum atomic E-state index is 12.5. The molecule has 0 spiro atoms. The van der Waals surface area contributed by atoms with Crippen LogP contribution in [-0.2, 0) is 14.4 Å². The molecule has 0 aliphatic carbocycles. The Balaban J connectivity index is 4.25. The van der Waals surface area contributed by atoms with Gasteiger partial charge in [0, 0.05) is 25.9 Å². The maximum Gasteiger partial charge on any atom is 0.242 e. The highest BCUT2D eigenvalue weighted by Crippen LogP contribution is 2.09. The molecule has 0 bridgehead atoms. The van der Waals surface area contributed by atoms with Gasteiger partial charge in [-0.05, 0) is 38.5 Å². The third kappa shape index (κ3) is 20.5. The number of hydrogen-bond donors (Lipinski definition) is 3. The van der Waals surface area contributed by atoms with Crippen LogP contribution in [-0.4, -0.2) is 36.9 Å². The van der Waals surface area contributed by atoms with Gasteiger partial charge in [-0.2, -0.15) is 0 Å². The van der Waals surface area contributed by atoms with Crippen LogP contribution in [0, 0.1) is 0 Å². The lowest BCUT2D eigenvalue weighted by Crippen LogP contribution is -2.47. The average molecular weight is 466 g/mol. The van der Waals surface area contributed by atoms with Crippen molar-refractivity contribution in [1.82, 2.24) is 16.0 Å². The van der Waals surface area contributed by atoms with Crippen LogP contribution in [0.4, 0.5) is 0 Å². The summed E-state index contributed by atoms with van der Waals surface area (Å²) in [5.41, 5.74) is 0. The van der Waals surface area contributed by atoms with E-state index < -0.39 is 6.04 Å². The zero-order valence-corrected chi connectivity index (χ0v) is 21.7. The standard InChI is InChI=1S/C27H51N3O3/c1-4-7-10-11-12-13-14-15-16-17-18-19-26(32)30-24(27(33)29-23-9-6-3)20-21-25(31)28-22-8-5-2/h16-17,24H,4-15,18-23H2,1-3H3,(H,28,31)(H,29,33)(H,30,32)/b17-16+/t24-/m0/s1. The second kappa shape index (κ2) is 23.3. The summed E-state index contributed by atoms with van der Waals surface area (Å²) >= 11 is 0. The largest absolute Gasteiger partial charge is 0.356 e. The van der Waals surface area contributed by atoms with Crippen molar-refractivity contribution >= 4 is 17.7 Å². The minimum atomic E-state index is -0.664. The van der Waals surface area contributed by atoms with Crippen molar-refractivity contribution in [3.8, 4) is 0 Å². The number of rotatable bonds is 22. The topological polar surface area (TPSA) is 87.3 Å². The number of carbonyl (C=O) groups is 3. The summed E-state index contributed by atoms with van der Waals surface area (Å²) in [5, 5.41) is 8.58. The van der Waals surface area contributed by atoms with E-state index in [9.17, 15) is 14.4 Å². The van der Waals surface area contributed by atoms with E-state index in [1.54, 1.807) is 0 Å². The monoisotopic (exact) mass is 465 g/mol. The summed E-state index contributed by atoms with van der Waals surface area (Å²) in [4.78, 5) is 36.9. The molecule has 3 amide bonds. The van der Waals surface area contributed by atoms with Gasteiger partial charge < -0.3 is 16.0 Å². The Morgan fingerprint density at radius 1 is 0.636 bits per heavy atom. The molecule has 0 aliphatic rings. The molecule has 0 aromatic carbocycles. The molecule has 0 aromatic rings. The highest BCUT2D eigenvalue weighted by Gasteiger charge is 2.21. The smallest absolute Gasteiger partial charge is 0.242 e. The molecule has 6 nitrogen and oxygen atoms in total. The lowest BCUT2D eigenvalue weighted by Gasteiger charge is -2.18. The Hall–Kier alpha value is -1.85. The molecule has 6 heteroatoms. The van der Waals surface area contributed by atoms with Gasteiger partial charge in [-0.1, -0.05) is 84.3 Å². The van der Waals surface area contributed by atoms with E-state index in [0.29, 0.717) is 32.4 Å². The lowest BCUT2D eigenvalue weighted by atomic mass is 10.1. The van der Waals surface area contributed by atoms with Crippen molar-refractivity contribution in [3.05, 3.63) is 12.2 Å². The second-order valence-corrected chi connectivity index (χ2v) is 8.93. The van der Waals surface area contributed by atoms with Gasteiger partial charge in [-0.3, -0.25) is 14.4 Å². The average Bonchev–Trinajstić information content (AvgIpc) is 2.80. The molecular formula is C27H51N3O3. The lowest BCUT2D eigenvalue weighted by molar-refractivity contribution is -0.129. The van der Waals surface area contributed by atoms with Crippen LogP contribution in [0.5, 0.6) is 0 Å². The van der Waals surface area contributed by atoms with E-state index in [2.05, 4.69) is 48.9 Å². The first kappa shape index (κ1) is 31.1. The Morgan fingerprint density at radius 3 is 1.88 bits per heavy atom. The Labute approximate surface area is 203 Å². The van der Waals surface area contributed by atoms with E-state index in [0.717, 1.165) is 32.1 Å². The quantitative estimate of drug-likeness (QED) is 0.144. The van der Waals surface area contributed by atoms with Crippen molar-refractivity contribution in [2.24, 2.45) is 0 Å². The summed E-state index contributed by atoms with van der Waals surface area (Å²) < 4.78 is 0. The van der Waals surface area contributed by atoms with Crippen molar-refractivity contribution in [1.29, 1.82) is 0 Å². The van der Waals surface area contributed by atoms with Gasteiger partial charge in [0.2, 0.25) is 17.7 Å². The molecule has 0 heterocycles. The van der Waals surface area contributed by atoms with Gasteiger partial charge in [-0.15, -0.1) is 0 Å². The fourth-order valence-electron chi connectivity index (χ4n) is 3.48. The molecule has 0 fully saturated rings. The molecule has 0 saturated carbocycles. The summed E-state index contributed by atoms with van der Waals surface area (Å²) in [6.07, 6.45) is 19.8. The SMILES string of the molecule is CCCCCCCCC/C=C/CCC(=O)N[C@@H](CCC(=O)NCCCC)C(=O)NCCCC. The summed E-state index contributed by atoms with van der Waals surface area (Å²) in [7, 11) is 0. The summed E-state index contributed by atoms with van der Waals surface area (Å²) in [6, 6.07) is -0.664. The van der Waals surface area contributed by atoms with Gasteiger partial charge in [0.1, 0.15) is 6.04 Å². The van der Waals surface area contributed by atoms with Crippen LogP contribution < -0.4 is 16.0 Å². The Kier molecular flexibility index (Phi) is 22.0. The Morgan fingerprint density at radius 2 is 1.21 bits per heavy atom. The molecule has 0 aromatic heterocycles. The third-order valence-corrected chi connectivity index (χ3v) is 5.67. The first-order valence-electron chi connectivity index (χ1n) is 13.5. The predicted molar refractivity (Wildman–Crippen MR) is 138 cm³/mol. The molecule has 0 aliphatic heterocycles. The van der Waals surface area contributed by atoms with Gasteiger partial charge in [0.15, 0.2) is 0 Å². The van der Waals surface area contributed by atoms with Crippen LogP contribution in [0.15, 0.2) is 12.2 Å². The first-order valence-corrected chi connectivity index (χ1v) is 13.5. The molecule has 0 unspecified atom stereocenters. The van der Waals surface area contributed by atoms with Gasteiger partial charge in [0.25, 0.3) is 0 Å². The Bertz CT molecular complexity index is 535. The molecule has 33 heavy (non-hydrogen) atoms. The number of carbonyl (C=O) groups excluding carboxylic acids is 3. The van der Waals surface area contributed by atoms with Crippen LogP contribution in [0.1, 0.15) is 124 Å². The second-order valence-electron chi connectivity index (χ2n) is 8.93. The zero-order valence-electron chi connectivity index (χ0n) is 21.7. The van der Waals surface area contributed by atoms with Crippen LogP contribution in [0.3, 0.4) is 0 Å². The van der Waals surface area contributed by atoms with Crippen molar-refractivity contribution in [2.75, 3.05) is 13.1 Å². The van der Waals surface area contributed by atoms with Gasteiger partial charge in [-0.25, -0.2) is 0 Å². The normalized spacial score (nSPS) is 12.0. The number of amides is 3. The van der Waals surface area contributed by atoms with E-state index in [1.165, 1.54) is 44.9 Å². The van der Waals surface area contributed by atoms with Crippen LogP contribution in [0.25, 0.3) is 0 Å². The highest BCUT2D eigenvalue weighted by atomic mass is 16.2. The van der Waals surface area contributed by atoms with Gasteiger partial charge >= 0.3 is 0 Å². The molecule has 1 atom stereocenters. The minimum absolute atomic E-state index is 0.0719. The fourth-order valence-corrected chi connectivity index (χ4v) is 3.48. The molecule has 0 saturated heterocycles. The summed E-state index contributed by atoms with van der Waals surface area (Å²) in [6.45, 7) is 7.61. The van der Waals surface area contributed by atoms with E-state index >= 15 is 0 Å². The van der Waals surface area contributed by atoms with E-state index in [1.807, 2.05) is 0 Å². The predicted octanol–water partition coefficient (Wildman–Crippen LogP) is 5.56. The number of nitrogens with one attached hydrogen (secondary N) is 3. The molecule has 0 rings (SSSR count). The maximum absolute atomic E-state index is 12.5. The van der Waals surface area contributed by atoms with Crippen LogP contribution in [0.2, 0.25) is 0 Å². The highest BCUT2D eigenvalue weighted by molar-refractivity contribution is 5.88.